The molecule has 1 saturated carbocycles. The topological polar surface area (TPSA) is 170 Å². The zero-order chi connectivity index (χ0) is 42.7. The lowest BCUT2D eigenvalue weighted by Crippen LogP contribution is -2.64. The van der Waals surface area contributed by atoms with Crippen LogP contribution in [-0.4, -0.2) is 109 Å². The Hall–Kier alpha value is -2.81. The van der Waals surface area contributed by atoms with E-state index < -0.39 is 71.8 Å². The summed E-state index contributed by atoms with van der Waals surface area (Å²) >= 11 is 0. The van der Waals surface area contributed by atoms with Crippen LogP contribution in [0.25, 0.3) is 0 Å². The molecule has 2 bridgehead atoms. The summed E-state index contributed by atoms with van der Waals surface area (Å²) in [6.07, 6.45) is 8.56. The second kappa shape index (κ2) is 22.2. The van der Waals surface area contributed by atoms with E-state index in [9.17, 15) is 29.5 Å². The number of nitrogens with zero attached hydrogens (tertiary/aromatic N) is 2. The van der Waals surface area contributed by atoms with E-state index in [0.717, 1.165) is 49.7 Å². The van der Waals surface area contributed by atoms with Crippen LogP contribution >= 0.6 is 0 Å². The van der Waals surface area contributed by atoms with Gasteiger partial charge in [0, 0.05) is 46.1 Å². The number of rotatable bonds is 9. The fraction of sp³-hybridized carbons (Fsp3) is 0.800. The molecule has 1 amide bonds. The Bertz CT molecular complexity index is 1480. The van der Waals surface area contributed by atoms with Crippen molar-refractivity contribution in [3.8, 4) is 0 Å². The summed E-state index contributed by atoms with van der Waals surface area (Å²) in [5.74, 6) is -6.29. The van der Waals surface area contributed by atoms with Gasteiger partial charge in [0.15, 0.2) is 0 Å². The maximum Gasteiger partial charge on any atom is 0.329 e. The molecule has 2 saturated heterocycles. The summed E-state index contributed by atoms with van der Waals surface area (Å²) < 4.78 is 30.0. The smallest absolute Gasteiger partial charge is 0.329 e. The number of cyclic esters (lactones) is 1. The largest absolute Gasteiger partial charge is 0.456 e. The van der Waals surface area contributed by atoms with E-state index >= 15 is 0 Å². The van der Waals surface area contributed by atoms with Gasteiger partial charge in [0.1, 0.15) is 18.2 Å². The Balaban J connectivity index is 1.78. The van der Waals surface area contributed by atoms with E-state index in [1.807, 2.05) is 6.92 Å². The predicted octanol–water partition coefficient (Wildman–Crippen LogP) is 6.97. The maximum absolute atomic E-state index is 14.3. The van der Waals surface area contributed by atoms with Crippen LogP contribution < -0.4 is 0 Å². The molecule has 4 rings (SSSR count). The highest BCUT2D eigenvalue weighted by molar-refractivity contribution is 6.39. The SMILES string of the molecule is C=CC/C1=C(\N=O)CC(O)C(C)C(C(C)=CCC2CCCC(OC)C2)OC(=O)C2CCCCN2C(=O)C(=O)C2(O)OC(C(OC)CC(C)CC(C)C1)C(OC)CC2C. The van der Waals surface area contributed by atoms with Gasteiger partial charge in [-0.2, -0.15) is 0 Å². The van der Waals surface area contributed by atoms with Crippen molar-refractivity contribution in [2.24, 2.45) is 34.8 Å². The molecule has 328 valence electrons. The van der Waals surface area contributed by atoms with Crippen LogP contribution in [0.15, 0.2) is 40.8 Å². The second-order valence-electron chi connectivity index (χ2n) is 17.9. The first-order valence-electron chi connectivity index (χ1n) is 21.7. The third kappa shape index (κ3) is 11.7. The number of ketones is 1. The van der Waals surface area contributed by atoms with Crippen molar-refractivity contribution in [2.75, 3.05) is 27.9 Å². The molecule has 1 aliphatic carbocycles. The number of hydrogen-bond acceptors (Lipinski definition) is 12. The number of aliphatic hydroxyl groups is 2. The van der Waals surface area contributed by atoms with Crippen molar-refractivity contribution in [1.29, 1.82) is 0 Å². The average molecular weight is 817 g/mol. The van der Waals surface area contributed by atoms with E-state index in [0.29, 0.717) is 38.0 Å². The average Bonchev–Trinajstić information content (AvgIpc) is 3.22. The van der Waals surface area contributed by atoms with E-state index in [4.69, 9.17) is 23.7 Å². The number of fused-ring (bicyclic) bond motifs is 3. The number of amides is 1. The Labute approximate surface area is 346 Å². The Morgan fingerprint density at radius 1 is 0.931 bits per heavy atom. The van der Waals surface area contributed by atoms with Crippen LogP contribution in [0.3, 0.4) is 0 Å². The molecule has 4 aliphatic rings. The molecule has 13 atom stereocenters. The number of methoxy groups -OCH3 is 3. The summed E-state index contributed by atoms with van der Waals surface area (Å²) in [5.41, 5.74) is 1.79. The van der Waals surface area contributed by atoms with Gasteiger partial charge >= 0.3 is 5.97 Å². The molecule has 3 aliphatic heterocycles. The number of carbonyl (C=O) groups excluding carboxylic acids is 3. The third-order valence-electron chi connectivity index (χ3n) is 13.4. The molecule has 2 N–H and O–H groups in total. The van der Waals surface area contributed by atoms with Crippen LogP contribution in [-0.2, 0) is 38.1 Å². The Morgan fingerprint density at radius 3 is 2.29 bits per heavy atom. The number of nitroso groups, excluding NO2 is 1. The molecule has 0 radical (unpaired) electrons. The van der Waals surface area contributed by atoms with Crippen LogP contribution in [0, 0.1) is 34.5 Å². The number of carbonyl (C=O) groups is 3. The van der Waals surface area contributed by atoms with Gasteiger partial charge in [0.2, 0.25) is 5.79 Å². The van der Waals surface area contributed by atoms with Crippen molar-refractivity contribution >= 4 is 17.7 Å². The van der Waals surface area contributed by atoms with Crippen LogP contribution in [0.1, 0.15) is 125 Å². The molecule has 13 heteroatoms. The molecular weight excluding hydrogens is 744 g/mol. The number of Topliss-reactive ketones (excluding diaryl/α,β-unsaturated/α-hetero) is 1. The summed E-state index contributed by atoms with van der Waals surface area (Å²) in [6, 6.07) is -1.11. The summed E-state index contributed by atoms with van der Waals surface area (Å²) in [7, 11) is 4.82. The number of allylic oxidation sites excluding steroid dienone is 3. The van der Waals surface area contributed by atoms with Crippen LogP contribution in [0.5, 0.6) is 0 Å². The zero-order valence-electron chi connectivity index (χ0n) is 36.4. The zero-order valence-corrected chi connectivity index (χ0v) is 36.4. The second-order valence-corrected chi connectivity index (χ2v) is 17.9. The normalized spacial score (nSPS) is 39.6. The fourth-order valence-electron chi connectivity index (χ4n) is 9.90. The van der Waals surface area contributed by atoms with E-state index in [-0.39, 0.29) is 49.4 Å². The molecule has 3 heterocycles. The monoisotopic (exact) mass is 817 g/mol. The quantitative estimate of drug-likeness (QED) is 0.107. The Morgan fingerprint density at radius 2 is 1.64 bits per heavy atom. The first-order chi connectivity index (χ1) is 27.6. The lowest BCUT2D eigenvalue weighted by Gasteiger charge is -2.47. The predicted molar refractivity (Wildman–Crippen MR) is 220 cm³/mol. The first-order valence-corrected chi connectivity index (χ1v) is 21.7. The lowest BCUT2D eigenvalue weighted by atomic mass is 9.81. The molecule has 13 unspecified atom stereocenters. The van der Waals surface area contributed by atoms with Gasteiger partial charge in [-0.05, 0) is 118 Å². The van der Waals surface area contributed by atoms with Crippen LogP contribution in [0.2, 0.25) is 0 Å². The van der Waals surface area contributed by atoms with E-state index in [1.54, 1.807) is 41.3 Å². The molecule has 58 heavy (non-hydrogen) atoms. The highest BCUT2D eigenvalue weighted by Gasteiger charge is 2.56. The number of esters is 1. The molecule has 13 nitrogen and oxygen atoms in total. The van der Waals surface area contributed by atoms with Gasteiger partial charge in [0.25, 0.3) is 11.7 Å². The molecule has 0 spiro atoms. The molecule has 0 aromatic carbocycles. The standard InChI is InChI=1S/C45H72N2O11/c1-10-14-33-22-27(2)21-28(3)23-38(55-8)41-39(56-9)24-30(5)45(52,58-41)42(49)43(50)47-20-12-11-17-36(47)44(51)57-40(31(6)37(48)26-35(33)46-53)29(4)18-19-32-15-13-16-34(25-32)54-7/h10,18,27-28,30-32,34,36-41,48,52H,1,11-17,19-26H2,2-9H3/b29-18?,35-33+. The van der Waals surface area contributed by atoms with Gasteiger partial charge in [-0.15, -0.1) is 11.5 Å². The summed E-state index contributed by atoms with van der Waals surface area (Å²) in [5, 5.41) is 27.3. The van der Waals surface area contributed by atoms with Crippen molar-refractivity contribution in [1.82, 2.24) is 4.90 Å². The van der Waals surface area contributed by atoms with Gasteiger partial charge in [-0.1, -0.05) is 46.3 Å². The maximum atomic E-state index is 14.3. The number of hydrogen-bond donors (Lipinski definition) is 2. The van der Waals surface area contributed by atoms with Crippen molar-refractivity contribution in [3.63, 3.8) is 0 Å². The molecule has 3 fully saturated rings. The number of piperidine rings is 1. The van der Waals surface area contributed by atoms with E-state index in [1.165, 1.54) is 4.90 Å². The highest BCUT2D eigenvalue weighted by Crippen LogP contribution is 2.40. The van der Waals surface area contributed by atoms with Gasteiger partial charge < -0.3 is 38.8 Å². The molecule has 0 aromatic heterocycles. The fourth-order valence-corrected chi connectivity index (χ4v) is 9.90. The minimum absolute atomic E-state index is 0.0436. The minimum Gasteiger partial charge on any atom is -0.456 e. The van der Waals surface area contributed by atoms with Crippen molar-refractivity contribution in [2.45, 2.75) is 173 Å². The van der Waals surface area contributed by atoms with Crippen molar-refractivity contribution < 1.29 is 48.3 Å². The molecular formula is C45H72N2O11. The summed E-state index contributed by atoms with van der Waals surface area (Å²) in [4.78, 5) is 56.6. The lowest BCUT2D eigenvalue weighted by molar-refractivity contribution is -0.302. The van der Waals surface area contributed by atoms with Crippen molar-refractivity contribution in [3.05, 3.63) is 40.5 Å². The Kier molecular flexibility index (Phi) is 18.3. The molecule has 0 aromatic rings. The van der Waals surface area contributed by atoms with Gasteiger partial charge in [-0.3, -0.25) is 9.59 Å². The minimum atomic E-state index is -2.49. The summed E-state index contributed by atoms with van der Waals surface area (Å²) in [6.45, 7) is 13.5. The van der Waals surface area contributed by atoms with E-state index in [2.05, 4.69) is 31.7 Å². The number of aliphatic hydroxyl groups excluding tert-OH is 1. The van der Waals surface area contributed by atoms with Crippen LogP contribution in [0.4, 0.5) is 0 Å². The third-order valence-corrected chi connectivity index (χ3v) is 13.4. The first kappa shape index (κ1) is 47.9. The number of ether oxygens (including phenoxy) is 5. The van der Waals surface area contributed by atoms with Gasteiger partial charge in [-0.25, -0.2) is 4.79 Å². The van der Waals surface area contributed by atoms with Gasteiger partial charge in [0.05, 0.1) is 30.1 Å². The highest BCUT2D eigenvalue weighted by atomic mass is 16.7.